The van der Waals surface area contributed by atoms with Crippen LogP contribution in [0.15, 0.2) is 0 Å². The van der Waals surface area contributed by atoms with Crippen molar-refractivity contribution in [1.82, 2.24) is 4.90 Å². The molecule has 0 amide bonds. The Morgan fingerprint density at radius 2 is 1.93 bits per heavy atom. The molecule has 3 aliphatic heterocycles. The molecule has 0 radical (unpaired) electrons. The summed E-state index contributed by atoms with van der Waals surface area (Å²) in [6, 6.07) is 0.950. The quantitative estimate of drug-likeness (QED) is 0.443. The first-order valence-electron chi connectivity index (χ1n) is 5.21. The van der Waals surface area contributed by atoms with Gasteiger partial charge in [0.2, 0.25) is 0 Å². The summed E-state index contributed by atoms with van der Waals surface area (Å²) >= 11 is 0. The molecule has 0 N–H and O–H groups in total. The zero-order chi connectivity index (χ0) is 9.87. The average Bonchev–Trinajstić information content (AvgIpc) is 2.80. The molecule has 3 saturated heterocycles. The Hall–Kier alpha value is -0.610. The average molecular weight is 197 g/mol. The molecule has 0 aliphatic carbocycles. The molecule has 1 unspecified atom stereocenters. The summed E-state index contributed by atoms with van der Waals surface area (Å²) in [6.45, 7) is 1.48. The van der Waals surface area contributed by atoms with E-state index in [4.69, 9.17) is 9.47 Å². The minimum Gasteiger partial charge on any atom is -0.462 e. The van der Waals surface area contributed by atoms with E-state index in [1.54, 1.807) is 0 Å². The van der Waals surface area contributed by atoms with Crippen LogP contribution in [0.3, 0.4) is 0 Å². The molecule has 0 aromatic heterocycles. The van der Waals surface area contributed by atoms with Gasteiger partial charge in [0.1, 0.15) is 18.3 Å². The van der Waals surface area contributed by atoms with Gasteiger partial charge in [0.25, 0.3) is 0 Å². The minimum atomic E-state index is -0.159. The molecule has 3 fully saturated rings. The second-order valence-electron chi connectivity index (χ2n) is 4.57. The maximum absolute atomic E-state index is 10.9. The third-order valence-corrected chi connectivity index (χ3v) is 3.71. The minimum absolute atomic E-state index is 0.120. The van der Waals surface area contributed by atoms with Crippen molar-refractivity contribution in [2.75, 3.05) is 7.05 Å². The molecule has 0 aromatic rings. The predicted octanol–water partition coefficient (Wildman–Crippen LogP) is 0.162. The number of morpholine rings is 1. The normalized spacial score (nSPS) is 50.0. The lowest BCUT2D eigenvalue weighted by Crippen LogP contribution is -2.47. The monoisotopic (exact) mass is 197 g/mol. The van der Waals surface area contributed by atoms with Gasteiger partial charge in [-0.2, -0.15) is 0 Å². The van der Waals surface area contributed by atoms with Gasteiger partial charge in [-0.05, 0) is 7.05 Å². The van der Waals surface area contributed by atoms with Crippen LogP contribution < -0.4 is 0 Å². The van der Waals surface area contributed by atoms with Crippen LogP contribution in [-0.2, 0) is 14.3 Å². The Balaban J connectivity index is 1.71. The van der Waals surface area contributed by atoms with Gasteiger partial charge in [-0.1, -0.05) is 0 Å². The topological polar surface area (TPSA) is 42.1 Å². The zero-order valence-corrected chi connectivity index (χ0v) is 8.47. The summed E-state index contributed by atoms with van der Waals surface area (Å²) in [6.07, 6.45) is 2.84. The molecule has 3 rings (SSSR count). The predicted molar refractivity (Wildman–Crippen MR) is 48.8 cm³/mol. The number of hydrogen-bond acceptors (Lipinski definition) is 4. The van der Waals surface area contributed by atoms with Crippen molar-refractivity contribution in [2.24, 2.45) is 0 Å². The van der Waals surface area contributed by atoms with Gasteiger partial charge in [-0.15, -0.1) is 0 Å². The van der Waals surface area contributed by atoms with Gasteiger partial charge in [0.15, 0.2) is 0 Å². The number of ether oxygens (including phenoxy) is 2. The summed E-state index contributed by atoms with van der Waals surface area (Å²) in [7, 11) is 2.15. The highest BCUT2D eigenvalue weighted by Gasteiger charge is 2.62. The number of likely N-dealkylation sites (N-methyl/N-ethyl adjacent to an activating group) is 1. The number of carbonyl (C=O) groups excluding carboxylic acids is 1. The Morgan fingerprint density at radius 3 is 2.43 bits per heavy atom. The van der Waals surface area contributed by atoms with Crippen LogP contribution in [-0.4, -0.2) is 48.3 Å². The molecular weight excluding hydrogens is 182 g/mol. The van der Waals surface area contributed by atoms with Crippen molar-refractivity contribution in [1.29, 1.82) is 0 Å². The summed E-state index contributed by atoms with van der Waals surface area (Å²) < 4.78 is 10.8. The Kier molecular flexibility index (Phi) is 1.67. The van der Waals surface area contributed by atoms with Crippen LogP contribution in [0, 0.1) is 0 Å². The van der Waals surface area contributed by atoms with Crippen molar-refractivity contribution in [3.63, 3.8) is 0 Å². The number of epoxide rings is 1. The van der Waals surface area contributed by atoms with Crippen molar-refractivity contribution in [3.8, 4) is 0 Å². The second kappa shape index (κ2) is 2.70. The van der Waals surface area contributed by atoms with Crippen LogP contribution in [0.5, 0.6) is 0 Å². The van der Waals surface area contributed by atoms with Crippen LogP contribution in [0.4, 0.5) is 0 Å². The van der Waals surface area contributed by atoms with E-state index in [1.165, 1.54) is 6.92 Å². The molecule has 0 spiro atoms. The van der Waals surface area contributed by atoms with Crippen LogP contribution in [0.25, 0.3) is 0 Å². The molecule has 3 aliphatic rings. The number of piperidine rings is 1. The van der Waals surface area contributed by atoms with E-state index >= 15 is 0 Å². The van der Waals surface area contributed by atoms with Gasteiger partial charge >= 0.3 is 5.97 Å². The Labute approximate surface area is 83.2 Å². The lowest BCUT2D eigenvalue weighted by molar-refractivity contribution is -0.150. The van der Waals surface area contributed by atoms with E-state index in [1.807, 2.05) is 0 Å². The molecule has 0 aromatic carbocycles. The zero-order valence-electron chi connectivity index (χ0n) is 8.47. The number of esters is 1. The third-order valence-electron chi connectivity index (χ3n) is 3.71. The first-order valence-corrected chi connectivity index (χ1v) is 5.21. The standard InChI is InChI=1S/C10H15NO3/c1-5(12)13-6-3-7-9-10(14-9)8(4-6)11(7)2/h6-10H,3-4H2,1-2H3/t6?,7-,8+,9-,10+. The van der Waals surface area contributed by atoms with Gasteiger partial charge in [-0.3, -0.25) is 9.69 Å². The van der Waals surface area contributed by atoms with Crippen LogP contribution in [0.1, 0.15) is 19.8 Å². The molecule has 4 nitrogen and oxygen atoms in total. The molecule has 78 valence electrons. The highest BCUT2D eigenvalue weighted by molar-refractivity contribution is 5.66. The van der Waals surface area contributed by atoms with Crippen molar-refractivity contribution >= 4 is 5.97 Å². The summed E-state index contributed by atoms with van der Waals surface area (Å²) in [5.41, 5.74) is 0. The molecule has 2 bridgehead atoms. The Bertz CT molecular complexity index is 263. The van der Waals surface area contributed by atoms with E-state index in [0.717, 1.165) is 12.8 Å². The van der Waals surface area contributed by atoms with Crippen molar-refractivity contribution in [2.45, 2.75) is 50.2 Å². The first-order chi connectivity index (χ1) is 6.66. The number of rotatable bonds is 1. The second-order valence-corrected chi connectivity index (χ2v) is 4.57. The van der Waals surface area contributed by atoms with Crippen molar-refractivity contribution < 1.29 is 14.3 Å². The number of hydrogen-bond donors (Lipinski definition) is 0. The lowest BCUT2D eigenvalue weighted by atomic mass is 9.99. The largest absolute Gasteiger partial charge is 0.462 e. The fourth-order valence-electron chi connectivity index (χ4n) is 3.03. The maximum atomic E-state index is 10.9. The highest BCUT2D eigenvalue weighted by atomic mass is 16.6. The van der Waals surface area contributed by atoms with E-state index in [9.17, 15) is 4.79 Å². The lowest BCUT2D eigenvalue weighted by Gasteiger charge is -2.37. The SMILES string of the molecule is CC(=O)OC1C[C@@H]2[C@H]3O[C@H]3[C@H](C1)N2C. The van der Waals surface area contributed by atoms with Crippen LogP contribution >= 0.6 is 0 Å². The molecule has 5 atom stereocenters. The number of carbonyl (C=O) groups is 1. The Morgan fingerprint density at radius 1 is 1.36 bits per heavy atom. The smallest absolute Gasteiger partial charge is 0.302 e. The van der Waals surface area contributed by atoms with Gasteiger partial charge in [-0.25, -0.2) is 0 Å². The van der Waals surface area contributed by atoms with E-state index < -0.39 is 0 Å². The summed E-state index contributed by atoms with van der Waals surface area (Å²) in [5.74, 6) is -0.159. The van der Waals surface area contributed by atoms with E-state index in [0.29, 0.717) is 24.3 Å². The first kappa shape index (κ1) is 8.68. The van der Waals surface area contributed by atoms with E-state index in [2.05, 4.69) is 11.9 Å². The fraction of sp³-hybridized carbons (Fsp3) is 0.900. The third kappa shape index (κ3) is 1.10. The van der Waals surface area contributed by atoms with Crippen LogP contribution in [0.2, 0.25) is 0 Å². The van der Waals surface area contributed by atoms with Gasteiger partial charge in [0, 0.05) is 31.8 Å². The number of fused-ring (bicyclic) bond motifs is 5. The molecular formula is C10H15NO3. The summed E-state index contributed by atoms with van der Waals surface area (Å²) in [5, 5.41) is 0. The van der Waals surface area contributed by atoms with E-state index in [-0.39, 0.29) is 12.1 Å². The summed E-state index contributed by atoms with van der Waals surface area (Å²) in [4.78, 5) is 13.2. The molecule has 3 heterocycles. The van der Waals surface area contributed by atoms with Crippen molar-refractivity contribution in [3.05, 3.63) is 0 Å². The highest BCUT2D eigenvalue weighted by Crippen LogP contribution is 2.47. The maximum Gasteiger partial charge on any atom is 0.302 e. The van der Waals surface area contributed by atoms with Gasteiger partial charge < -0.3 is 9.47 Å². The molecule has 0 saturated carbocycles. The van der Waals surface area contributed by atoms with Gasteiger partial charge in [0.05, 0.1) is 0 Å². The fourth-order valence-corrected chi connectivity index (χ4v) is 3.03. The molecule has 14 heavy (non-hydrogen) atoms. The number of nitrogens with zero attached hydrogens (tertiary/aromatic N) is 1. The molecule has 4 heteroatoms.